The lowest BCUT2D eigenvalue weighted by Crippen LogP contribution is -2.49. The van der Waals surface area contributed by atoms with E-state index in [0.717, 1.165) is 74.7 Å². The number of halogens is 2. The number of methoxy groups -OCH3 is 1. The molecule has 6 aromatic rings. The average Bonchev–Trinajstić information content (AvgIpc) is 3.71. The summed E-state index contributed by atoms with van der Waals surface area (Å²) in [5.41, 5.74) is 5.18. The zero-order valence-corrected chi connectivity index (χ0v) is 40.7. The highest BCUT2D eigenvalue weighted by Crippen LogP contribution is 2.52. The Hall–Kier alpha value is -5.38. The number of benzene rings is 3. The van der Waals surface area contributed by atoms with Crippen molar-refractivity contribution in [2.45, 2.75) is 59.2 Å². The monoisotopic (exact) mass is 952 g/mol. The van der Waals surface area contributed by atoms with Crippen LogP contribution in [-0.4, -0.2) is 109 Å². The van der Waals surface area contributed by atoms with Gasteiger partial charge in [0.2, 0.25) is 5.88 Å². The lowest BCUT2D eigenvalue weighted by Gasteiger charge is -2.35. The van der Waals surface area contributed by atoms with Gasteiger partial charge >= 0.3 is 0 Å². The van der Waals surface area contributed by atoms with E-state index in [2.05, 4.69) is 42.6 Å². The Morgan fingerprint density at radius 2 is 1.65 bits per heavy atom. The number of thiophene rings is 1. The highest BCUT2D eigenvalue weighted by molar-refractivity contribution is 7.20. The van der Waals surface area contributed by atoms with E-state index < -0.39 is 11.5 Å². The smallest absolute Gasteiger partial charge is 0.226 e. The molecule has 0 aliphatic carbocycles. The van der Waals surface area contributed by atoms with Crippen molar-refractivity contribution in [1.82, 2.24) is 29.7 Å². The average molecular weight is 954 g/mol. The summed E-state index contributed by atoms with van der Waals surface area (Å²) in [6.07, 6.45) is 3.43. The second-order valence-electron chi connectivity index (χ2n) is 17.8. The fourth-order valence-corrected chi connectivity index (χ4v) is 10.00. The summed E-state index contributed by atoms with van der Waals surface area (Å²) in [5, 5.41) is 1.54. The minimum atomic E-state index is -0.423. The predicted octanol–water partition coefficient (Wildman–Crippen LogP) is 9.98. The number of likely N-dealkylation sites (N-methyl/N-ethyl adjacent to an activating group) is 1. The summed E-state index contributed by atoms with van der Waals surface area (Å²) in [5.74, 6) is 4.62. The molecule has 66 heavy (non-hydrogen) atoms. The first-order chi connectivity index (χ1) is 31.9. The largest absolute Gasteiger partial charge is 0.496 e. The van der Waals surface area contributed by atoms with Gasteiger partial charge in [0.15, 0.2) is 17.3 Å². The van der Waals surface area contributed by atoms with Crippen molar-refractivity contribution in [2.75, 3.05) is 73.3 Å². The van der Waals surface area contributed by atoms with Crippen LogP contribution in [0.1, 0.15) is 53.9 Å². The standard InChI is InChI=1S/C50H54Cl2N6O7S/c1-29-39-30(2)43(52)44(42(29)51)65-34(25-58-19-17-57(6)18-20-58)27-63-33-12-13-36(64-26-32-14-16-53-46(54-32)35-10-8-9-11-37(35)59-7)31(24-33)15-21-62-47-41-40(39)45(38-28-60-22-23-61-38)66-48(41)56-49(55-47)50(3,4)5/h8-14,16,24,28,34H,15,17-23,25-27H2,1-7H3/t34-/m1/s1. The highest BCUT2D eigenvalue weighted by atomic mass is 35.5. The van der Waals surface area contributed by atoms with Crippen LogP contribution in [0.3, 0.4) is 0 Å². The predicted molar refractivity (Wildman–Crippen MR) is 259 cm³/mol. The molecule has 0 amide bonds. The molecule has 1 atom stereocenters. The normalized spacial score (nSPS) is 17.2. The van der Waals surface area contributed by atoms with Gasteiger partial charge < -0.3 is 38.1 Å². The van der Waals surface area contributed by atoms with Gasteiger partial charge in [0, 0.05) is 61.9 Å². The van der Waals surface area contributed by atoms with Crippen molar-refractivity contribution in [3.8, 4) is 51.4 Å². The third-order valence-electron chi connectivity index (χ3n) is 12.0. The van der Waals surface area contributed by atoms with Crippen molar-refractivity contribution in [2.24, 2.45) is 0 Å². The maximum Gasteiger partial charge on any atom is 0.226 e. The molecular formula is C50H54Cl2N6O7S. The molecule has 1 saturated heterocycles. The van der Waals surface area contributed by atoms with Crippen LogP contribution in [0.2, 0.25) is 10.0 Å². The molecule has 10 rings (SSSR count). The van der Waals surface area contributed by atoms with Crippen LogP contribution in [0.15, 0.2) is 61.0 Å². The number of hydrogen-bond donors (Lipinski definition) is 0. The van der Waals surface area contributed by atoms with E-state index in [1.54, 1.807) is 19.6 Å². The van der Waals surface area contributed by atoms with Gasteiger partial charge in [-0.15, -0.1) is 11.3 Å². The summed E-state index contributed by atoms with van der Waals surface area (Å²) in [6, 6.07) is 15.4. The van der Waals surface area contributed by atoms with Crippen LogP contribution >= 0.6 is 34.5 Å². The maximum atomic E-state index is 7.42. The summed E-state index contributed by atoms with van der Waals surface area (Å²) in [7, 11) is 3.78. The second kappa shape index (κ2) is 19.5. The fraction of sp³-hybridized carbons (Fsp3) is 0.400. The minimum absolute atomic E-state index is 0.196. The van der Waals surface area contributed by atoms with Gasteiger partial charge in [-0.25, -0.2) is 15.0 Å². The van der Waals surface area contributed by atoms with Gasteiger partial charge in [-0.05, 0) is 74.0 Å². The zero-order chi connectivity index (χ0) is 46.1. The van der Waals surface area contributed by atoms with Gasteiger partial charge in [-0.3, -0.25) is 4.90 Å². The Kier molecular flexibility index (Phi) is 13.5. The molecule has 1 fully saturated rings. The van der Waals surface area contributed by atoms with Gasteiger partial charge in [0.1, 0.15) is 66.7 Å². The number of para-hydroxylation sites is 1. The number of rotatable bonds is 8. The Bertz CT molecular complexity index is 2760. The van der Waals surface area contributed by atoms with Gasteiger partial charge in [0.05, 0.1) is 45.3 Å². The first-order valence-corrected chi connectivity index (χ1v) is 23.8. The molecule has 0 N–H and O–H groups in total. The molecule has 0 unspecified atom stereocenters. The number of fused-ring (bicyclic) bond motifs is 7. The quantitative estimate of drug-likeness (QED) is 0.144. The highest BCUT2D eigenvalue weighted by Gasteiger charge is 2.33. The second-order valence-corrected chi connectivity index (χ2v) is 19.5. The molecule has 0 spiro atoms. The molecule has 3 aromatic heterocycles. The summed E-state index contributed by atoms with van der Waals surface area (Å²) in [4.78, 5) is 26.0. The first-order valence-electron chi connectivity index (χ1n) is 22.2. The van der Waals surface area contributed by atoms with Crippen molar-refractivity contribution < 1.29 is 33.2 Å². The number of nitrogens with zero attached hydrogens (tertiary/aromatic N) is 6. The molecule has 4 bridgehead atoms. The van der Waals surface area contributed by atoms with E-state index in [1.807, 2.05) is 62.4 Å². The van der Waals surface area contributed by atoms with Crippen molar-refractivity contribution in [3.05, 3.63) is 104 Å². The molecule has 7 heterocycles. The van der Waals surface area contributed by atoms with Crippen LogP contribution in [0.25, 0.3) is 38.5 Å². The molecule has 0 radical (unpaired) electrons. The maximum absolute atomic E-state index is 7.42. The Labute approximate surface area is 399 Å². The van der Waals surface area contributed by atoms with E-state index in [9.17, 15) is 0 Å². The topological polar surface area (TPSA) is 123 Å². The van der Waals surface area contributed by atoms with Crippen LogP contribution in [-0.2, 0) is 27.9 Å². The molecule has 3 aromatic carbocycles. The number of piperazine rings is 1. The van der Waals surface area contributed by atoms with Crippen molar-refractivity contribution >= 4 is 50.5 Å². The molecule has 0 saturated carbocycles. The van der Waals surface area contributed by atoms with Crippen molar-refractivity contribution in [3.63, 3.8) is 0 Å². The Morgan fingerprint density at radius 1 is 0.864 bits per heavy atom. The molecule has 16 heteroatoms. The molecular weight excluding hydrogens is 900 g/mol. The number of aromatic nitrogens is 4. The summed E-state index contributed by atoms with van der Waals surface area (Å²) >= 11 is 16.3. The summed E-state index contributed by atoms with van der Waals surface area (Å²) in [6.45, 7) is 16.1. The third kappa shape index (κ3) is 9.57. The Balaban J connectivity index is 1.15. The van der Waals surface area contributed by atoms with Crippen LogP contribution in [0.5, 0.6) is 28.9 Å². The van der Waals surface area contributed by atoms with Crippen LogP contribution in [0, 0.1) is 13.8 Å². The fourth-order valence-electron chi connectivity index (χ4n) is 8.35. The van der Waals surface area contributed by atoms with E-state index in [4.69, 9.17) is 71.3 Å². The first kappa shape index (κ1) is 45.8. The third-order valence-corrected chi connectivity index (χ3v) is 14.0. The van der Waals surface area contributed by atoms with E-state index in [-0.39, 0.29) is 19.8 Å². The number of hydrogen-bond acceptors (Lipinski definition) is 14. The van der Waals surface area contributed by atoms with Gasteiger partial charge in [-0.2, -0.15) is 4.98 Å². The van der Waals surface area contributed by atoms with E-state index in [1.165, 1.54) is 11.3 Å². The Morgan fingerprint density at radius 3 is 2.39 bits per heavy atom. The van der Waals surface area contributed by atoms with Crippen molar-refractivity contribution in [1.29, 1.82) is 0 Å². The van der Waals surface area contributed by atoms with Gasteiger partial charge in [-0.1, -0.05) is 56.1 Å². The van der Waals surface area contributed by atoms with Crippen LogP contribution in [0.4, 0.5) is 0 Å². The van der Waals surface area contributed by atoms with E-state index >= 15 is 0 Å². The zero-order valence-electron chi connectivity index (χ0n) is 38.3. The molecule has 346 valence electrons. The summed E-state index contributed by atoms with van der Waals surface area (Å²) < 4.78 is 44.7. The van der Waals surface area contributed by atoms with Gasteiger partial charge in [0.25, 0.3) is 0 Å². The minimum Gasteiger partial charge on any atom is -0.496 e. The molecule has 13 nitrogen and oxygen atoms in total. The molecule has 4 aliphatic heterocycles. The lowest BCUT2D eigenvalue weighted by atomic mass is 9.92. The SMILES string of the molecule is COc1ccccc1-c1nccc(COc2ccc3cc2CCOc2nc(C(C)(C)C)nc4sc(C5=COCCO5)c(c24)-c2c(C)c(Cl)c(c(Cl)c2C)O[C@H](CN2CCN(C)CC2)CO3)n1. The number of ether oxygens (including phenoxy) is 7. The van der Waals surface area contributed by atoms with E-state index in [0.29, 0.717) is 88.2 Å². The lowest BCUT2D eigenvalue weighted by molar-refractivity contribution is 0.0648. The van der Waals surface area contributed by atoms with Crippen LogP contribution < -0.4 is 23.7 Å². The molecule has 4 aliphatic rings.